The van der Waals surface area contributed by atoms with E-state index in [1.807, 2.05) is 38.1 Å². The van der Waals surface area contributed by atoms with Gasteiger partial charge in [0.25, 0.3) is 5.91 Å². The number of carbonyl (C=O) groups is 2. The summed E-state index contributed by atoms with van der Waals surface area (Å²) in [4.78, 5) is 25.4. The van der Waals surface area contributed by atoms with Gasteiger partial charge in [0.05, 0.1) is 12.2 Å². The second-order valence-electron chi connectivity index (χ2n) is 5.55. The van der Waals surface area contributed by atoms with Crippen LogP contribution in [0.2, 0.25) is 0 Å². The van der Waals surface area contributed by atoms with Crippen LogP contribution < -0.4 is 0 Å². The predicted octanol–water partition coefficient (Wildman–Crippen LogP) is 2.64. The zero-order valence-electron chi connectivity index (χ0n) is 13.2. The molecule has 1 heterocycles. The molecule has 1 aliphatic rings. The maximum atomic E-state index is 12.1. The fourth-order valence-electron chi connectivity index (χ4n) is 2.43. The lowest BCUT2D eigenvalue weighted by molar-refractivity contribution is -0.154. The molecule has 1 aromatic rings. The summed E-state index contributed by atoms with van der Waals surface area (Å²) in [7, 11) is 0. The minimum atomic E-state index is -0.535. The Labute approximate surface area is 144 Å². The van der Waals surface area contributed by atoms with Crippen LogP contribution >= 0.6 is 15.9 Å². The van der Waals surface area contributed by atoms with Crippen molar-refractivity contribution in [3.8, 4) is 0 Å². The zero-order chi connectivity index (χ0) is 16.8. The monoisotopic (exact) mass is 381 g/mol. The number of amides is 1. The lowest BCUT2D eigenvalue weighted by Gasteiger charge is -2.35. The van der Waals surface area contributed by atoms with Crippen LogP contribution in [0.5, 0.6) is 0 Å². The number of benzene rings is 1. The first kappa shape index (κ1) is 17.7. The van der Waals surface area contributed by atoms with E-state index in [1.54, 1.807) is 11.0 Å². The van der Waals surface area contributed by atoms with Crippen molar-refractivity contribution in [2.45, 2.75) is 26.1 Å². The fraction of sp³-hybridized carbons (Fsp3) is 0.412. The molecule has 0 spiro atoms. The first-order chi connectivity index (χ1) is 10.9. The van der Waals surface area contributed by atoms with Gasteiger partial charge in [-0.3, -0.25) is 4.79 Å². The standard InChI is InChI=1S/C17H20BrNO4/c1-12-9-19(10-13(2)23-12)16(20)11-22-17(21)7-6-14-4-3-5-15(18)8-14/h3-8,12-13H,9-11H2,1-2H3/b7-6+/t12-,13-/m0/s1. The van der Waals surface area contributed by atoms with Crippen LogP contribution in [0.1, 0.15) is 19.4 Å². The van der Waals surface area contributed by atoms with Gasteiger partial charge in [-0.2, -0.15) is 0 Å². The van der Waals surface area contributed by atoms with E-state index in [0.29, 0.717) is 13.1 Å². The molecular weight excluding hydrogens is 362 g/mol. The molecule has 1 fully saturated rings. The molecule has 0 aliphatic carbocycles. The van der Waals surface area contributed by atoms with E-state index in [2.05, 4.69) is 15.9 Å². The molecule has 0 unspecified atom stereocenters. The van der Waals surface area contributed by atoms with Gasteiger partial charge >= 0.3 is 5.97 Å². The van der Waals surface area contributed by atoms with Gasteiger partial charge in [0, 0.05) is 23.6 Å². The number of nitrogens with zero attached hydrogens (tertiary/aromatic N) is 1. The topological polar surface area (TPSA) is 55.8 Å². The van der Waals surface area contributed by atoms with E-state index in [4.69, 9.17) is 9.47 Å². The van der Waals surface area contributed by atoms with Crippen LogP contribution in [0.4, 0.5) is 0 Å². The summed E-state index contributed by atoms with van der Waals surface area (Å²) in [5.41, 5.74) is 0.874. The molecule has 0 aromatic heterocycles. The Morgan fingerprint density at radius 3 is 2.70 bits per heavy atom. The van der Waals surface area contributed by atoms with Crippen LogP contribution in [0, 0.1) is 0 Å². The molecule has 0 radical (unpaired) electrons. The van der Waals surface area contributed by atoms with Crippen molar-refractivity contribution >= 4 is 33.9 Å². The fourth-order valence-corrected chi connectivity index (χ4v) is 2.85. The Balaban J connectivity index is 1.80. The molecule has 124 valence electrons. The molecular formula is C17H20BrNO4. The molecule has 1 saturated heterocycles. The highest BCUT2D eigenvalue weighted by molar-refractivity contribution is 9.10. The van der Waals surface area contributed by atoms with E-state index >= 15 is 0 Å². The maximum absolute atomic E-state index is 12.1. The van der Waals surface area contributed by atoms with Crippen LogP contribution in [0.25, 0.3) is 6.08 Å². The molecule has 1 aromatic carbocycles. The average Bonchev–Trinajstić information content (AvgIpc) is 2.49. The van der Waals surface area contributed by atoms with Gasteiger partial charge in [-0.15, -0.1) is 0 Å². The van der Waals surface area contributed by atoms with Gasteiger partial charge in [0.2, 0.25) is 0 Å². The molecule has 0 bridgehead atoms. The van der Waals surface area contributed by atoms with Gasteiger partial charge in [-0.1, -0.05) is 28.1 Å². The van der Waals surface area contributed by atoms with Gasteiger partial charge in [-0.25, -0.2) is 4.79 Å². The van der Waals surface area contributed by atoms with E-state index in [1.165, 1.54) is 6.08 Å². The lowest BCUT2D eigenvalue weighted by atomic mass is 10.2. The summed E-state index contributed by atoms with van der Waals surface area (Å²) >= 11 is 3.36. The first-order valence-electron chi connectivity index (χ1n) is 7.47. The number of esters is 1. The Hall–Kier alpha value is -1.66. The normalized spacial score (nSPS) is 21.4. The summed E-state index contributed by atoms with van der Waals surface area (Å²) in [6, 6.07) is 7.53. The number of ether oxygens (including phenoxy) is 2. The number of hydrogen-bond donors (Lipinski definition) is 0. The smallest absolute Gasteiger partial charge is 0.331 e. The second kappa shape index (κ2) is 8.26. The zero-order valence-corrected chi connectivity index (χ0v) is 14.8. The first-order valence-corrected chi connectivity index (χ1v) is 8.27. The molecule has 2 atom stereocenters. The molecule has 1 amide bonds. The lowest BCUT2D eigenvalue weighted by Crippen LogP contribution is -2.49. The number of carbonyl (C=O) groups excluding carboxylic acids is 2. The molecule has 1 aliphatic heterocycles. The molecule has 0 saturated carbocycles. The van der Waals surface area contributed by atoms with E-state index in [0.717, 1.165) is 10.0 Å². The number of hydrogen-bond acceptors (Lipinski definition) is 4. The van der Waals surface area contributed by atoms with Crippen molar-refractivity contribution < 1.29 is 19.1 Å². The summed E-state index contributed by atoms with van der Waals surface area (Å²) in [6.07, 6.45) is 2.96. The van der Waals surface area contributed by atoms with Gasteiger partial charge < -0.3 is 14.4 Å². The highest BCUT2D eigenvalue weighted by Crippen LogP contribution is 2.13. The van der Waals surface area contributed by atoms with E-state index in [9.17, 15) is 9.59 Å². The van der Waals surface area contributed by atoms with Crippen molar-refractivity contribution in [3.05, 3.63) is 40.4 Å². The summed E-state index contributed by atoms with van der Waals surface area (Å²) in [5.74, 6) is -0.733. The van der Waals surface area contributed by atoms with Crippen LogP contribution in [0.15, 0.2) is 34.8 Å². The van der Waals surface area contributed by atoms with Crippen LogP contribution in [-0.4, -0.2) is 48.7 Å². The van der Waals surface area contributed by atoms with Crippen molar-refractivity contribution in [1.29, 1.82) is 0 Å². The van der Waals surface area contributed by atoms with Crippen molar-refractivity contribution in [2.24, 2.45) is 0 Å². The third-order valence-electron chi connectivity index (χ3n) is 3.37. The largest absolute Gasteiger partial charge is 0.452 e. The Morgan fingerprint density at radius 2 is 2.04 bits per heavy atom. The Kier molecular flexibility index (Phi) is 6.36. The van der Waals surface area contributed by atoms with E-state index < -0.39 is 5.97 Å². The third-order valence-corrected chi connectivity index (χ3v) is 3.86. The Morgan fingerprint density at radius 1 is 1.35 bits per heavy atom. The third kappa shape index (κ3) is 5.80. The van der Waals surface area contributed by atoms with Crippen LogP contribution in [0.3, 0.4) is 0 Å². The SMILES string of the molecule is C[C@H]1CN(C(=O)COC(=O)/C=C/c2cccc(Br)c2)C[C@H](C)O1. The second-order valence-corrected chi connectivity index (χ2v) is 6.47. The molecule has 0 N–H and O–H groups in total. The highest BCUT2D eigenvalue weighted by atomic mass is 79.9. The maximum Gasteiger partial charge on any atom is 0.331 e. The van der Waals surface area contributed by atoms with Gasteiger partial charge in [-0.05, 0) is 37.6 Å². The summed E-state index contributed by atoms with van der Waals surface area (Å²) in [5, 5.41) is 0. The predicted molar refractivity (Wildman–Crippen MR) is 90.7 cm³/mol. The van der Waals surface area contributed by atoms with Crippen molar-refractivity contribution in [1.82, 2.24) is 4.90 Å². The molecule has 6 heteroatoms. The minimum Gasteiger partial charge on any atom is -0.452 e. The van der Waals surface area contributed by atoms with E-state index in [-0.39, 0.29) is 24.7 Å². The Bertz CT molecular complexity index is 592. The summed E-state index contributed by atoms with van der Waals surface area (Å²) < 4.78 is 11.5. The average molecular weight is 382 g/mol. The number of rotatable bonds is 4. The number of halogens is 1. The quantitative estimate of drug-likeness (QED) is 0.594. The van der Waals surface area contributed by atoms with Crippen molar-refractivity contribution in [2.75, 3.05) is 19.7 Å². The minimum absolute atomic E-state index is 0.00479. The highest BCUT2D eigenvalue weighted by Gasteiger charge is 2.26. The molecule has 5 nitrogen and oxygen atoms in total. The molecule has 23 heavy (non-hydrogen) atoms. The van der Waals surface area contributed by atoms with Crippen LogP contribution in [-0.2, 0) is 19.1 Å². The molecule has 2 rings (SSSR count). The summed E-state index contributed by atoms with van der Waals surface area (Å²) in [6.45, 7) is 4.63. The van der Waals surface area contributed by atoms with Gasteiger partial charge in [0.15, 0.2) is 6.61 Å². The number of morpholine rings is 1. The van der Waals surface area contributed by atoms with Crippen molar-refractivity contribution in [3.63, 3.8) is 0 Å². The van der Waals surface area contributed by atoms with Gasteiger partial charge in [0.1, 0.15) is 0 Å².